The Morgan fingerprint density at radius 2 is 1.57 bits per heavy atom. The van der Waals surface area contributed by atoms with E-state index < -0.39 is 40.1 Å². The summed E-state index contributed by atoms with van der Waals surface area (Å²) in [7, 11) is -4.43. The van der Waals surface area contributed by atoms with Crippen molar-refractivity contribution >= 4 is 50.9 Å². The van der Waals surface area contributed by atoms with Crippen molar-refractivity contribution in [3.8, 4) is 34.4 Å². The van der Waals surface area contributed by atoms with Gasteiger partial charge >= 0.3 is 5.97 Å². The SMILES string of the molecule is Cc1nc(N2CCOCC2)ccc1S(=O)(=O)N1Cc2cc3c(cc2C[C@H]1C(=O)NC(Cc1ccc(-c2ccc(C#N)cc2)cc1)C(=O)O)OC[C@H](c1ccc(OCc2ccc(Cl)c(Cl)c2)cc1)O3. The van der Waals surface area contributed by atoms with E-state index in [-0.39, 0.29) is 36.6 Å². The van der Waals surface area contributed by atoms with Crippen LogP contribution < -0.4 is 24.4 Å². The number of halogens is 2. The molecule has 2 N–H and O–H groups in total. The summed E-state index contributed by atoms with van der Waals surface area (Å²) in [5.41, 5.74) is 6.12. The van der Waals surface area contributed by atoms with Gasteiger partial charge in [-0.3, -0.25) is 4.79 Å². The molecule has 1 amide bonds. The summed E-state index contributed by atoms with van der Waals surface area (Å²) in [5.74, 6) is 0.0412. The maximum Gasteiger partial charge on any atom is 0.326 e. The largest absolute Gasteiger partial charge is 0.489 e. The van der Waals surface area contributed by atoms with E-state index in [0.717, 1.165) is 26.6 Å². The van der Waals surface area contributed by atoms with E-state index in [1.54, 1.807) is 61.5 Å². The number of sulfonamides is 1. The van der Waals surface area contributed by atoms with Gasteiger partial charge in [0.1, 0.15) is 41.8 Å². The second-order valence-electron chi connectivity index (χ2n) is 16.7. The Kier molecular flexibility index (Phi) is 13.6. The van der Waals surface area contributed by atoms with Crippen molar-refractivity contribution in [2.24, 2.45) is 0 Å². The molecule has 0 radical (unpaired) electrons. The van der Waals surface area contributed by atoms with Crippen molar-refractivity contribution in [1.82, 2.24) is 14.6 Å². The number of nitriles is 1. The van der Waals surface area contributed by atoms with Gasteiger partial charge in [0, 0.05) is 26.1 Å². The van der Waals surface area contributed by atoms with Gasteiger partial charge in [-0.15, -0.1) is 0 Å². The second kappa shape index (κ2) is 19.9. The summed E-state index contributed by atoms with van der Waals surface area (Å²) in [4.78, 5) is 33.8. The number of aliphatic carboxylic acids is 1. The van der Waals surface area contributed by atoms with Crippen molar-refractivity contribution in [3.05, 3.63) is 164 Å². The highest BCUT2D eigenvalue weighted by Crippen LogP contribution is 2.42. The molecule has 1 saturated heterocycles. The molecule has 6 aromatic rings. The summed E-state index contributed by atoms with van der Waals surface area (Å²) < 4.78 is 55.1. The first kappa shape index (κ1) is 46.4. The number of carboxylic acid groups (broad SMARTS) is 1. The van der Waals surface area contributed by atoms with Crippen molar-refractivity contribution in [3.63, 3.8) is 0 Å². The number of carboxylic acids is 1. The highest BCUT2D eigenvalue weighted by Gasteiger charge is 2.42. The Bertz CT molecular complexity index is 3020. The average Bonchev–Trinajstić information content (AvgIpc) is 3.35. The number of nitrogens with zero attached hydrogens (tertiary/aromatic N) is 4. The zero-order chi connectivity index (χ0) is 47.5. The molecule has 17 heteroatoms. The number of pyridine rings is 1. The molecular formula is C51H45Cl2N5O9S. The molecule has 0 spiro atoms. The Morgan fingerprint density at radius 1 is 0.882 bits per heavy atom. The minimum Gasteiger partial charge on any atom is -0.489 e. The fourth-order valence-electron chi connectivity index (χ4n) is 8.52. The van der Waals surface area contributed by atoms with Crippen LogP contribution in [0.15, 0.2) is 120 Å². The fourth-order valence-corrected chi connectivity index (χ4v) is 10.6. The number of carbonyl (C=O) groups excluding carboxylic acids is 1. The van der Waals surface area contributed by atoms with Crippen LogP contribution in [0.3, 0.4) is 0 Å². The van der Waals surface area contributed by atoms with E-state index in [4.69, 9.17) is 47.4 Å². The van der Waals surface area contributed by atoms with Gasteiger partial charge in [-0.2, -0.15) is 9.57 Å². The molecule has 3 atom stereocenters. The number of hydrogen-bond acceptors (Lipinski definition) is 11. The normalized spacial score (nSPS) is 17.4. The topological polar surface area (TPSA) is 181 Å². The maximum absolute atomic E-state index is 14.9. The van der Waals surface area contributed by atoms with Crippen LogP contribution in [0.4, 0.5) is 5.82 Å². The van der Waals surface area contributed by atoms with Crippen molar-refractivity contribution in [2.75, 3.05) is 37.8 Å². The van der Waals surface area contributed by atoms with E-state index in [1.165, 1.54) is 6.07 Å². The number of aryl methyl sites for hydroxylation is 1. The third-order valence-electron chi connectivity index (χ3n) is 12.3. The number of hydrogen-bond donors (Lipinski definition) is 2. The smallest absolute Gasteiger partial charge is 0.326 e. The lowest BCUT2D eigenvalue weighted by molar-refractivity contribution is -0.142. The lowest BCUT2D eigenvalue weighted by atomic mass is 9.93. The van der Waals surface area contributed by atoms with Crippen LogP contribution in [0, 0.1) is 18.3 Å². The Balaban J connectivity index is 0.959. The van der Waals surface area contributed by atoms with Crippen LogP contribution in [0.2, 0.25) is 10.0 Å². The number of carbonyl (C=O) groups is 2. The van der Waals surface area contributed by atoms with Crippen LogP contribution in [0.5, 0.6) is 17.2 Å². The quantitative estimate of drug-likeness (QED) is 0.114. The van der Waals surface area contributed by atoms with Gasteiger partial charge in [-0.25, -0.2) is 18.2 Å². The molecule has 0 aliphatic carbocycles. The molecule has 9 rings (SSSR count). The molecule has 3 aliphatic heterocycles. The standard InChI is InChI=1S/C51H45Cl2N5O9S/c1-31-48(16-17-49(55-31)57-18-20-64-21-19-57)68(62,63)58-28-39-26-46-45(66-30-47(67-46)37-11-13-40(14-12-37)65-29-34-6-15-41(52)42(53)22-34)25-38(39)24-44(58)50(59)56-43(51(60)61)23-32-2-7-35(8-3-32)36-9-4-33(27-54)5-10-36/h2-17,22,25-26,43-44,47H,18-21,23-24,28-30H2,1H3,(H,56,59)(H,60,61)/t43?,44-,47+/m0/s1. The Hall–Kier alpha value is -6.67. The molecule has 348 valence electrons. The summed E-state index contributed by atoms with van der Waals surface area (Å²) >= 11 is 12.2. The number of ether oxygens (including phenoxy) is 4. The number of aromatic nitrogens is 1. The third-order valence-corrected chi connectivity index (χ3v) is 15.0. The average molecular weight is 975 g/mol. The predicted molar refractivity (Wildman–Crippen MR) is 255 cm³/mol. The highest BCUT2D eigenvalue weighted by molar-refractivity contribution is 7.89. The number of benzene rings is 5. The molecule has 0 saturated carbocycles. The molecule has 1 unspecified atom stereocenters. The molecular weight excluding hydrogens is 930 g/mol. The fraction of sp³-hybridized carbons (Fsp3) is 0.255. The molecule has 4 heterocycles. The van der Waals surface area contributed by atoms with Gasteiger partial charge in [-0.05, 0) is 113 Å². The van der Waals surface area contributed by atoms with Crippen molar-refractivity contribution in [2.45, 2.75) is 56.0 Å². The van der Waals surface area contributed by atoms with Crippen LogP contribution in [0.1, 0.15) is 45.2 Å². The predicted octanol–water partition coefficient (Wildman–Crippen LogP) is 8.09. The molecule has 3 aliphatic rings. The monoisotopic (exact) mass is 973 g/mol. The van der Waals surface area contributed by atoms with Gasteiger partial charge in [0.2, 0.25) is 15.9 Å². The first-order valence-electron chi connectivity index (χ1n) is 21.9. The van der Waals surface area contributed by atoms with E-state index in [9.17, 15) is 23.1 Å². The maximum atomic E-state index is 14.9. The highest BCUT2D eigenvalue weighted by atomic mass is 35.5. The van der Waals surface area contributed by atoms with Crippen molar-refractivity contribution < 1.29 is 42.1 Å². The number of amides is 1. The lowest BCUT2D eigenvalue weighted by Gasteiger charge is -2.37. The summed E-state index contributed by atoms with van der Waals surface area (Å²) in [5, 5.41) is 23.1. The Morgan fingerprint density at radius 3 is 2.25 bits per heavy atom. The zero-order valence-corrected chi connectivity index (χ0v) is 39.1. The molecule has 0 bridgehead atoms. The number of morpholine rings is 1. The molecule has 5 aromatic carbocycles. The van der Waals surface area contributed by atoms with Gasteiger partial charge in [0.25, 0.3) is 0 Å². The molecule has 14 nitrogen and oxygen atoms in total. The molecule has 68 heavy (non-hydrogen) atoms. The summed E-state index contributed by atoms with van der Waals surface area (Å²) in [6, 6.07) is 33.1. The Labute approximate surface area is 403 Å². The summed E-state index contributed by atoms with van der Waals surface area (Å²) in [6.45, 7) is 4.12. The molecule has 1 fully saturated rings. The minimum absolute atomic E-state index is 0.0643. The van der Waals surface area contributed by atoms with Gasteiger partial charge in [-0.1, -0.05) is 77.8 Å². The van der Waals surface area contributed by atoms with Crippen LogP contribution >= 0.6 is 23.2 Å². The first-order valence-corrected chi connectivity index (χ1v) is 24.1. The minimum atomic E-state index is -4.43. The number of nitrogens with one attached hydrogen (secondary N) is 1. The number of fused-ring (bicyclic) bond motifs is 2. The first-order chi connectivity index (χ1) is 32.8. The summed E-state index contributed by atoms with van der Waals surface area (Å²) in [6.07, 6.45) is -0.635. The van der Waals surface area contributed by atoms with Gasteiger partial charge in [0.15, 0.2) is 17.6 Å². The van der Waals surface area contributed by atoms with Crippen LogP contribution in [-0.2, 0) is 50.3 Å². The van der Waals surface area contributed by atoms with Crippen LogP contribution in [0.25, 0.3) is 11.1 Å². The van der Waals surface area contributed by atoms with Gasteiger partial charge in [0.05, 0.1) is 40.6 Å². The van der Waals surface area contributed by atoms with E-state index >= 15 is 0 Å². The van der Waals surface area contributed by atoms with Crippen LogP contribution in [-0.4, -0.2) is 79.7 Å². The van der Waals surface area contributed by atoms with Gasteiger partial charge < -0.3 is 34.3 Å². The van der Waals surface area contributed by atoms with E-state index in [2.05, 4.69) is 16.4 Å². The lowest BCUT2D eigenvalue weighted by Crippen LogP contribution is -2.55. The zero-order valence-electron chi connectivity index (χ0n) is 36.7. The number of rotatable bonds is 13. The number of anilines is 1. The third kappa shape index (κ3) is 10.1. The van der Waals surface area contributed by atoms with Crippen molar-refractivity contribution in [1.29, 1.82) is 5.26 Å². The van der Waals surface area contributed by atoms with E-state index in [0.29, 0.717) is 88.3 Å². The molecule has 1 aromatic heterocycles. The van der Waals surface area contributed by atoms with E-state index in [1.807, 2.05) is 59.5 Å². The second-order valence-corrected chi connectivity index (χ2v) is 19.4.